The first kappa shape index (κ1) is 19.6. The molecule has 1 heterocycles. The topological polar surface area (TPSA) is 103 Å². The SMILES string of the molecule is COc1ccc(Oc2ccc([N+](=O)[O-])cc2C(=O)NCC2CCCNC2)cc1. The highest BCUT2D eigenvalue weighted by molar-refractivity contribution is 5.97. The molecule has 0 saturated carbocycles. The van der Waals surface area contributed by atoms with Crippen molar-refractivity contribution in [2.45, 2.75) is 12.8 Å². The zero-order valence-corrected chi connectivity index (χ0v) is 15.6. The summed E-state index contributed by atoms with van der Waals surface area (Å²) in [6, 6.07) is 10.9. The summed E-state index contributed by atoms with van der Waals surface area (Å²) >= 11 is 0. The maximum Gasteiger partial charge on any atom is 0.270 e. The number of non-ortho nitro benzene ring substituents is 1. The quantitative estimate of drug-likeness (QED) is 0.561. The summed E-state index contributed by atoms with van der Waals surface area (Å²) in [5.41, 5.74) is -0.0275. The first-order valence-electron chi connectivity index (χ1n) is 9.16. The van der Waals surface area contributed by atoms with Crippen LogP contribution in [-0.4, -0.2) is 37.6 Å². The lowest BCUT2D eigenvalue weighted by Crippen LogP contribution is -2.38. The van der Waals surface area contributed by atoms with E-state index in [1.807, 2.05) is 0 Å². The van der Waals surface area contributed by atoms with Crippen LogP contribution in [0.15, 0.2) is 42.5 Å². The Morgan fingerprint density at radius 1 is 1.25 bits per heavy atom. The molecular weight excluding hydrogens is 362 g/mol. The van der Waals surface area contributed by atoms with Gasteiger partial charge in [-0.2, -0.15) is 0 Å². The fourth-order valence-electron chi connectivity index (χ4n) is 3.10. The van der Waals surface area contributed by atoms with Crippen molar-refractivity contribution < 1.29 is 19.2 Å². The second-order valence-corrected chi connectivity index (χ2v) is 6.64. The number of piperidine rings is 1. The Bertz CT molecular complexity index is 832. The molecule has 2 N–H and O–H groups in total. The van der Waals surface area contributed by atoms with Crippen LogP contribution in [0.2, 0.25) is 0 Å². The van der Waals surface area contributed by atoms with E-state index >= 15 is 0 Å². The van der Waals surface area contributed by atoms with Gasteiger partial charge in [0.2, 0.25) is 0 Å². The van der Waals surface area contributed by atoms with Crippen LogP contribution in [-0.2, 0) is 0 Å². The van der Waals surface area contributed by atoms with E-state index in [4.69, 9.17) is 9.47 Å². The number of carbonyl (C=O) groups is 1. The summed E-state index contributed by atoms with van der Waals surface area (Å²) in [6.45, 7) is 2.36. The molecule has 148 valence electrons. The molecule has 8 heteroatoms. The molecule has 1 atom stereocenters. The van der Waals surface area contributed by atoms with Crippen molar-refractivity contribution in [3.05, 3.63) is 58.1 Å². The Morgan fingerprint density at radius 2 is 2.00 bits per heavy atom. The molecule has 0 bridgehead atoms. The number of nitro groups is 1. The van der Waals surface area contributed by atoms with Gasteiger partial charge in [-0.05, 0) is 62.2 Å². The van der Waals surface area contributed by atoms with Crippen LogP contribution in [0.1, 0.15) is 23.2 Å². The highest BCUT2D eigenvalue weighted by Crippen LogP contribution is 2.30. The number of hydrogen-bond donors (Lipinski definition) is 2. The van der Waals surface area contributed by atoms with Crippen LogP contribution in [0.5, 0.6) is 17.2 Å². The molecule has 2 aromatic rings. The minimum absolute atomic E-state index is 0.133. The van der Waals surface area contributed by atoms with Gasteiger partial charge < -0.3 is 20.1 Å². The Morgan fingerprint density at radius 3 is 2.64 bits per heavy atom. The Hall–Kier alpha value is -3.13. The van der Waals surface area contributed by atoms with Crippen LogP contribution in [0.4, 0.5) is 5.69 Å². The number of nitro benzene ring substituents is 1. The van der Waals surface area contributed by atoms with Crippen molar-refractivity contribution >= 4 is 11.6 Å². The highest BCUT2D eigenvalue weighted by atomic mass is 16.6. The van der Waals surface area contributed by atoms with E-state index in [1.54, 1.807) is 31.4 Å². The molecule has 0 aromatic heterocycles. The zero-order valence-electron chi connectivity index (χ0n) is 15.6. The van der Waals surface area contributed by atoms with Gasteiger partial charge in [-0.15, -0.1) is 0 Å². The second-order valence-electron chi connectivity index (χ2n) is 6.64. The third kappa shape index (κ3) is 4.98. The van der Waals surface area contributed by atoms with E-state index in [0.29, 0.717) is 24.0 Å². The number of ether oxygens (including phenoxy) is 2. The number of hydrogen-bond acceptors (Lipinski definition) is 6. The number of methoxy groups -OCH3 is 1. The summed E-state index contributed by atoms with van der Waals surface area (Å²) in [7, 11) is 1.57. The maximum absolute atomic E-state index is 12.7. The third-order valence-electron chi connectivity index (χ3n) is 4.66. The standard InChI is InChI=1S/C20H23N3O5/c1-27-16-5-7-17(8-6-16)28-19-9-4-15(23(25)26)11-18(19)20(24)22-13-14-3-2-10-21-12-14/h4-9,11,14,21H,2-3,10,12-13H2,1H3,(H,22,24). The average Bonchev–Trinajstić information content (AvgIpc) is 2.73. The Labute approximate surface area is 163 Å². The van der Waals surface area contributed by atoms with Crippen LogP contribution >= 0.6 is 0 Å². The molecule has 1 amide bonds. The molecule has 0 aliphatic carbocycles. The third-order valence-corrected chi connectivity index (χ3v) is 4.66. The minimum atomic E-state index is -0.529. The zero-order chi connectivity index (χ0) is 19.9. The van der Waals surface area contributed by atoms with E-state index in [1.165, 1.54) is 18.2 Å². The van der Waals surface area contributed by atoms with Gasteiger partial charge in [0, 0.05) is 18.7 Å². The Kier molecular flexibility index (Phi) is 6.44. The lowest BCUT2D eigenvalue weighted by molar-refractivity contribution is -0.384. The van der Waals surface area contributed by atoms with E-state index in [2.05, 4.69) is 10.6 Å². The highest BCUT2D eigenvalue weighted by Gasteiger charge is 2.20. The van der Waals surface area contributed by atoms with E-state index < -0.39 is 10.8 Å². The molecule has 1 aliphatic heterocycles. The van der Waals surface area contributed by atoms with Crippen LogP contribution < -0.4 is 20.1 Å². The van der Waals surface area contributed by atoms with Gasteiger partial charge >= 0.3 is 0 Å². The molecule has 28 heavy (non-hydrogen) atoms. The number of rotatable bonds is 7. The van der Waals surface area contributed by atoms with Crippen molar-refractivity contribution in [1.82, 2.24) is 10.6 Å². The van der Waals surface area contributed by atoms with E-state index in [9.17, 15) is 14.9 Å². The van der Waals surface area contributed by atoms with Crippen molar-refractivity contribution in [2.24, 2.45) is 5.92 Å². The monoisotopic (exact) mass is 385 g/mol. The molecule has 0 spiro atoms. The molecule has 1 fully saturated rings. The van der Waals surface area contributed by atoms with Gasteiger partial charge in [-0.3, -0.25) is 14.9 Å². The van der Waals surface area contributed by atoms with Crippen LogP contribution in [0.25, 0.3) is 0 Å². The summed E-state index contributed by atoms with van der Waals surface area (Å²) in [5.74, 6) is 1.39. The number of amides is 1. The van der Waals surface area contributed by atoms with Gasteiger partial charge in [-0.1, -0.05) is 0 Å². The van der Waals surface area contributed by atoms with Crippen LogP contribution in [0.3, 0.4) is 0 Å². The summed E-state index contributed by atoms with van der Waals surface area (Å²) in [6.07, 6.45) is 2.11. The molecule has 2 aromatic carbocycles. The van der Waals surface area contributed by atoms with E-state index in [-0.39, 0.29) is 17.0 Å². The summed E-state index contributed by atoms with van der Waals surface area (Å²) < 4.78 is 10.9. The van der Waals surface area contributed by atoms with Gasteiger partial charge in [-0.25, -0.2) is 0 Å². The lowest BCUT2D eigenvalue weighted by Gasteiger charge is -2.23. The van der Waals surface area contributed by atoms with Crippen molar-refractivity contribution in [1.29, 1.82) is 0 Å². The molecular formula is C20H23N3O5. The first-order valence-corrected chi connectivity index (χ1v) is 9.16. The Balaban J connectivity index is 1.78. The van der Waals surface area contributed by atoms with Gasteiger partial charge in [0.1, 0.15) is 17.2 Å². The van der Waals surface area contributed by atoms with E-state index in [0.717, 1.165) is 25.9 Å². The molecule has 1 aliphatic rings. The fourth-order valence-corrected chi connectivity index (χ4v) is 3.10. The summed E-state index contributed by atoms with van der Waals surface area (Å²) in [4.78, 5) is 23.3. The smallest absolute Gasteiger partial charge is 0.270 e. The van der Waals surface area contributed by atoms with Gasteiger partial charge in [0.25, 0.3) is 11.6 Å². The number of benzene rings is 2. The van der Waals surface area contributed by atoms with Gasteiger partial charge in [0.15, 0.2) is 0 Å². The van der Waals surface area contributed by atoms with Crippen LogP contribution in [0, 0.1) is 16.0 Å². The average molecular weight is 385 g/mol. The van der Waals surface area contributed by atoms with Crippen molar-refractivity contribution in [3.8, 4) is 17.2 Å². The second kappa shape index (κ2) is 9.18. The number of nitrogens with one attached hydrogen (secondary N) is 2. The summed E-state index contributed by atoms with van der Waals surface area (Å²) in [5, 5.41) is 17.3. The van der Waals surface area contributed by atoms with Crippen molar-refractivity contribution in [2.75, 3.05) is 26.7 Å². The number of carbonyl (C=O) groups excluding carboxylic acids is 1. The maximum atomic E-state index is 12.7. The molecule has 1 saturated heterocycles. The number of nitrogens with zero attached hydrogens (tertiary/aromatic N) is 1. The normalized spacial score (nSPS) is 16.2. The lowest BCUT2D eigenvalue weighted by atomic mass is 9.99. The molecule has 8 nitrogen and oxygen atoms in total. The predicted molar refractivity (Wildman–Crippen MR) is 104 cm³/mol. The van der Waals surface area contributed by atoms with Crippen molar-refractivity contribution in [3.63, 3.8) is 0 Å². The van der Waals surface area contributed by atoms with Gasteiger partial charge in [0.05, 0.1) is 17.6 Å². The molecule has 1 unspecified atom stereocenters. The minimum Gasteiger partial charge on any atom is -0.497 e. The molecule has 3 rings (SSSR count). The largest absolute Gasteiger partial charge is 0.497 e. The first-order chi connectivity index (χ1) is 13.6. The predicted octanol–water partition coefficient (Wildman–Crippen LogP) is 3.13. The fraction of sp³-hybridized carbons (Fsp3) is 0.350. The molecule has 0 radical (unpaired) electrons.